The van der Waals surface area contributed by atoms with E-state index in [2.05, 4.69) is 20.0 Å². The standard InChI is InChI=1S/C24H18F3N3O4/c1-32-13-17-12-22(29-14-28-17)33-18-8-9-20-15(10-18)4-2-7-21(20)23(31)30-16-5-3-6-19(11-16)34-24(25,26)27/h2-12,14H,13H2,1H3,(H,30,31). The quantitative estimate of drug-likeness (QED) is 0.373. The molecule has 0 aliphatic rings. The minimum atomic E-state index is -4.82. The van der Waals surface area contributed by atoms with Gasteiger partial charge in [-0.1, -0.05) is 18.2 Å². The summed E-state index contributed by atoms with van der Waals surface area (Å²) in [7, 11) is 1.56. The fourth-order valence-electron chi connectivity index (χ4n) is 3.27. The Morgan fingerprint density at radius 3 is 2.59 bits per heavy atom. The number of rotatable bonds is 7. The Morgan fingerprint density at radius 2 is 1.79 bits per heavy atom. The lowest BCUT2D eigenvalue weighted by atomic mass is 10.0. The van der Waals surface area contributed by atoms with Gasteiger partial charge in [0.2, 0.25) is 5.88 Å². The summed E-state index contributed by atoms with van der Waals surface area (Å²) in [5.41, 5.74) is 1.17. The van der Waals surface area contributed by atoms with Crippen molar-refractivity contribution >= 4 is 22.4 Å². The Morgan fingerprint density at radius 1 is 0.971 bits per heavy atom. The topological polar surface area (TPSA) is 82.6 Å². The van der Waals surface area contributed by atoms with Crippen molar-refractivity contribution in [1.29, 1.82) is 0 Å². The van der Waals surface area contributed by atoms with Crippen LogP contribution < -0.4 is 14.8 Å². The first kappa shape index (κ1) is 23.0. The molecule has 0 atom stereocenters. The number of methoxy groups -OCH3 is 1. The van der Waals surface area contributed by atoms with Crippen LogP contribution in [0.4, 0.5) is 18.9 Å². The van der Waals surface area contributed by atoms with E-state index < -0.39 is 18.0 Å². The second-order valence-electron chi connectivity index (χ2n) is 7.10. The van der Waals surface area contributed by atoms with Crippen LogP contribution in [-0.2, 0) is 11.3 Å². The van der Waals surface area contributed by atoms with Crippen LogP contribution in [0.15, 0.2) is 73.1 Å². The number of nitrogens with one attached hydrogen (secondary N) is 1. The van der Waals surface area contributed by atoms with Gasteiger partial charge in [-0.15, -0.1) is 13.2 Å². The normalized spacial score (nSPS) is 11.3. The van der Waals surface area contributed by atoms with E-state index >= 15 is 0 Å². The number of hydrogen-bond acceptors (Lipinski definition) is 6. The molecule has 4 aromatic rings. The smallest absolute Gasteiger partial charge is 0.439 e. The molecule has 0 aliphatic carbocycles. The number of fused-ring (bicyclic) bond motifs is 1. The van der Waals surface area contributed by atoms with Gasteiger partial charge >= 0.3 is 6.36 Å². The highest BCUT2D eigenvalue weighted by Gasteiger charge is 2.31. The molecule has 0 bridgehead atoms. The first-order valence-electron chi connectivity index (χ1n) is 9.98. The van der Waals surface area contributed by atoms with E-state index in [1.165, 1.54) is 18.5 Å². The summed E-state index contributed by atoms with van der Waals surface area (Å²) in [4.78, 5) is 21.0. The molecular weight excluding hydrogens is 451 g/mol. The van der Waals surface area contributed by atoms with Crippen molar-refractivity contribution < 1.29 is 32.2 Å². The van der Waals surface area contributed by atoms with Gasteiger partial charge in [0.05, 0.1) is 12.3 Å². The van der Waals surface area contributed by atoms with Gasteiger partial charge in [0, 0.05) is 30.5 Å². The Labute approximate surface area is 192 Å². The van der Waals surface area contributed by atoms with Gasteiger partial charge in [-0.25, -0.2) is 9.97 Å². The predicted molar refractivity (Wildman–Crippen MR) is 118 cm³/mol. The second kappa shape index (κ2) is 9.75. The van der Waals surface area contributed by atoms with Crippen LogP contribution in [0.3, 0.4) is 0 Å². The molecule has 0 unspecified atom stereocenters. The highest BCUT2D eigenvalue weighted by atomic mass is 19.4. The predicted octanol–water partition coefficient (Wildman–Crippen LogP) is 5.72. The van der Waals surface area contributed by atoms with Crippen molar-refractivity contribution in [3.63, 3.8) is 0 Å². The number of hydrogen-bond donors (Lipinski definition) is 1. The maximum absolute atomic E-state index is 12.9. The van der Waals surface area contributed by atoms with Crippen molar-refractivity contribution in [1.82, 2.24) is 9.97 Å². The Hall–Kier alpha value is -4.18. The number of carbonyl (C=O) groups is 1. The van der Waals surface area contributed by atoms with E-state index in [0.29, 0.717) is 34.9 Å². The minimum absolute atomic E-state index is 0.166. The summed E-state index contributed by atoms with van der Waals surface area (Å²) in [6.45, 7) is 0.320. The van der Waals surface area contributed by atoms with Crippen molar-refractivity contribution in [2.45, 2.75) is 13.0 Å². The molecule has 174 valence electrons. The minimum Gasteiger partial charge on any atom is -0.439 e. The first-order chi connectivity index (χ1) is 16.3. The average molecular weight is 469 g/mol. The highest BCUT2D eigenvalue weighted by molar-refractivity contribution is 6.13. The molecule has 1 aromatic heterocycles. The number of anilines is 1. The van der Waals surface area contributed by atoms with Crippen LogP contribution in [0.2, 0.25) is 0 Å². The van der Waals surface area contributed by atoms with Gasteiger partial charge in [-0.05, 0) is 47.2 Å². The molecule has 1 amide bonds. The molecule has 0 aliphatic heterocycles. The lowest BCUT2D eigenvalue weighted by Gasteiger charge is -2.12. The molecule has 1 heterocycles. The lowest BCUT2D eigenvalue weighted by Crippen LogP contribution is -2.17. The third-order valence-electron chi connectivity index (χ3n) is 4.64. The number of aromatic nitrogens is 2. The highest BCUT2D eigenvalue weighted by Crippen LogP contribution is 2.29. The van der Waals surface area contributed by atoms with Gasteiger partial charge in [0.15, 0.2) is 0 Å². The van der Waals surface area contributed by atoms with Crippen LogP contribution in [0.1, 0.15) is 16.1 Å². The fraction of sp³-hybridized carbons (Fsp3) is 0.125. The van der Waals surface area contributed by atoms with Gasteiger partial charge in [-0.2, -0.15) is 0 Å². The monoisotopic (exact) mass is 469 g/mol. The molecule has 0 fully saturated rings. The fourth-order valence-corrected chi connectivity index (χ4v) is 3.27. The average Bonchev–Trinajstić information content (AvgIpc) is 2.78. The third kappa shape index (κ3) is 5.78. The zero-order valence-electron chi connectivity index (χ0n) is 17.8. The maximum atomic E-state index is 12.9. The van der Waals surface area contributed by atoms with E-state index in [4.69, 9.17) is 9.47 Å². The number of benzene rings is 3. The summed E-state index contributed by atoms with van der Waals surface area (Å²) in [5, 5.41) is 3.97. The summed E-state index contributed by atoms with van der Waals surface area (Å²) in [6.07, 6.45) is -3.45. The van der Waals surface area contributed by atoms with Crippen LogP contribution >= 0.6 is 0 Å². The van der Waals surface area contributed by atoms with Gasteiger partial charge in [0.25, 0.3) is 5.91 Å². The molecular formula is C24H18F3N3O4. The summed E-state index contributed by atoms with van der Waals surface area (Å²) >= 11 is 0. The van der Waals surface area contributed by atoms with Crippen LogP contribution in [0, 0.1) is 0 Å². The summed E-state index contributed by atoms with van der Waals surface area (Å²) in [5.74, 6) is -0.0628. The van der Waals surface area contributed by atoms with Crippen molar-refractivity contribution in [2.24, 2.45) is 0 Å². The van der Waals surface area contributed by atoms with E-state index in [0.717, 1.165) is 17.5 Å². The number of ether oxygens (including phenoxy) is 3. The molecule has 7 nitrogen and oxygen atoms in total. The largest absolute Gasteiger partial charge is 0.573 e. The Bertz CT molecular complexity index is 1330. The molecule has 0 saturated carbocycles. The van der Waals surface area contributed by atoms with E-state index in [1.54, 1.807) is 43.5 Å². The molecule has 0 saturated heterocycles. The second-order valence-corrected chi connectivity index (χ2v) is 7.10. The zero-order chi connectivity index (χ0) is 24.1. The van der Waals surface area contributed by atoms with Crippen LogP contribution in [-0.4, -0.2) is 29.3 Å². The molecule has 0 radical (unpaired) electrons. The summed E-state index contributed by atoms with van der Waals surface area (Å²) in [6, 6.07) is 17.0. The molecule has 0 spiro atoms. The number of alkyl halides is 3. The zero-order valence-corrected chi connectivity index (χ0v) is 17.8. The number of halogens is 3. The maximum Gasteiger partial charge on any atom is 0.573 e. The molecule has 34 heavy (non-hydrogen) atoms. The Balaban J connectivity index is 1.54. The summed E-state index contributed by atoms with van der Waals surface area (Å²) < 4.78 is 52.2. The van der Waals surface area contributed by atoms with Crippen molar-refractivity contribution in [3.8, 4) is 17.4 Å². The first-order valence-corrected chi connectivity index (χ1v) is 9.98. The number of carbonyl (C=O) groups excluding carboxylic acids is 1. The lowest BCUT2D eigenvalue weighted by molar-refractivity contribution is -0.274. The van der Waals surface area contributed by atoms with Gasteiger partial charge in [0.1, 0.15) is 17.8 Å². The van der Waals surface area contributed by atoms with Crippen LogP contribution in [0.25, 0.3) is 10.8 Å². The SMILES string of the molecule is COCc1cc(Oc2ccc3c(C(=O)Nc4cccc(OC(F)(F)F)c4)cccc3c2)ncn1. The van der Waals surface area contributed by atoms with Gasteiger partial charge < -0.3 is 19.5 Å². The molecule has 1 N–H and O–H groups in total. The molecule has 4 rings (SSSR count). The number of amides is 1. The van der Waals surface area contributed by atoms with E-state index in [9.17, 15) is 18.0 Å². The number of nitrogens with zero attached hydrogens (tertiary/aromatic N) is 2. The molecule has 10 heteroatoms. The molecule has 3 aromatic carbocycles. The van der Waals surface area contributed by atoms with Crippen molar-refractivity contribution in [3.05, 3.63) is 84.3 Å². The van der Waals surface area contributed by atoms with Crippen LogP contribution in [0.5, 0.6) is 17.4 Å². The van der Waals surface area contributed by atoms with E-state index in [-0.39, 0.29) is 5.69 Å². The Kier molecular flexibility index (Phi) is 6.60. The van der Waals surface area contributed by atoms with Crippen molar-refractivity contribution in [2.75, 3.05) is 12.4 Å². The van der Waals surface area contributed by atoms with Gasteiger partial charge in [-0.3, -0.25) is 4.79 Å². The third-order valence-corrected chi connectivity index (χ3v) is 4.64. The van der Waals surface area contributed by atoms with E-state index in [1.807, 2.05) is 6.07 Å².